The van der Waals surface area contributed by atoms with Gasteiger partial charge in [0.05, 0.1) is 0 Å². The molecule has 2 N–H and O–H groups in total. The zero-order valence-electron chi connectivity index (χ0n) is 15.6. The van der Waals surface area contributed by atoms with Crippen LogP contribution in [0.2, 0.25) is 0 Å². The van der Waals surface area contributed by atoms with Gasteiger partial charge >= 0.3 is 5.97 Å². The molecule has 0 saturated heterocycles. The maximum absolute atomic E-state index is 12.7. The number of rotatable bonds is 4. The molecule has 6 nitrogen and oxygen atoms in total. The van der Waals surface area contributed by atoms with Crippen molar-refractivity contribution in [2.75, 3.05) is 11.9 Å². The van der Waals surface area contributed by atoms with Crippen LogP contribution in [0.15, 0.2) is 36.4 Å². The molecule has 0 spiro atoms. The van der Waals surface area contributed by atoms with E-state index in [4.69, 9.17) is 0 Å². The van der Waals surface area contributed by atoms with Gasteiger partial charge in [-0.1, -0.05) is 29.3 Å². The average Bonchev–Trinajstić information content (AvgIpc) is 2.61. The quantitative estimate of drug-likeness (QED) is 0.871. The number of fused-ring (bicyclic) bond motifs is 1. The highest BCUT2D eigenvalue weighted by molar-refractivity contribution is 6.00. The number of anilines is 1. The second kappa shape index (κ2) is 7.23. The molecule has 0 aromatic heterocycles. The number of carbonyl (C=O) groups excluding carboxylic acids is 2. The van der Waals surface area contributed by atoms with Gasteiger partial charge in [-0.05, 0) is 49.6 Å². The van der Waals surface area contributed by atoms with Crippen LogP contribution in [-0.4, -0.2) is 29.9 Å². The molecule has 0 radical (unpaired) electrons. The number of amides is 2. The molecule has 140 valence electrons. The maximum atomic E-state index is 12.7. The predicted molar refractivity (Wildman–Crippen MR) is 102 cm³/mol. The summed E-state index contributed by atoms with van der Waals surface area (Å²) in [7, 11) is 1.71. The average molecular weight is 366 g/mol. The third-order valence-electron chi connectivity index (χ3n) is 4.79. The summed E-state index contributed by atoms with van der Waals surface area (Å²) in [5.74, 6) is -1.53. The smallest absolute Gasteiger partial charge is 0.330 e. The van der Waals surface area contributed by atoms with Crippen LogP contribution < -0.4 is 10.2 Å². The van der Waals surface area contributed by atoms with Crippen molar-refractivity contribution in [1.82, 2.24) is 5.32 Å². The number of hydrogen-bond donors (Lipinski definition) is 2. The van der Waals surface area contributed by atoms with Crippen LogP contribution >= 0.6 is 0 Å². The SMILES string of the molecule is Cc1cc(C)cc(C(NC(=O)c2ccc3c(c2)CCC(=O)N3C)C(=O)O)c1. The van der Waals surface area contributed by atoms with E-state index in [9.17, 15) is 19.5 Å². The van der Waals surface area contributed by atoms with Crippen molar-refractivity contribution in [2.24, 2.45) is 0 Å². The third-order valence-corrected chi connectivity index (χ3v) is 4.79. The van der Waals surface area contributed by atoms with Crippen LogP contribution in [0, 0.1) is 13.8 Å². The monoisotopic (exact) mass is 366 g/mol. The molecule has 1 aliphatic rings. The Morgan fingerprint density at radius 2 is 1.74 bits per heavy atom. The predicted octanol–water partition coefficient (Wildman–Crippen LogP) is 2.77. The number of benzene rings is 2. The second-order valence-corrected chi connectivity index (χ2v) is 6.96. The van der Waals surface area contributed by atoms with Crippen molar-refractivity contribution >= 4 is 23.5 Å². The summed E-state index contributed by atoms with van der Waals surface area (Å²) in [6, 6.07) is 9.42. The number of carboxylic acids is 1. The van der Waals surface area contributed by atoms with E-state index in [0.29, 0.717) is 24.0 Å². The first kappa shape index (κ1) is 18.6. The molecule has 0 aliphatic carbocycles. The molecule has 0 bridgehead atoms. The van der Waals surface area contributed by atoms with E-state index >= 15 is 0 Å². The minimum atomic E-state index is -1.13. The van der Waals surface area contributed by atoms with Crippen LogP contribution in [0.5, 0.6) is 0 Å². The van der Waals surface area contributed by atoms with Gasteiger partial charge in [0.25, 0.3) is 5.91 Å². The third kappa shape index (κ3) is 3.84. The first-order valence-electron chi connectivity index (χ1n) is 8.77. The standard InChI is InChI=1S/C21H22N2O4/c1-12-8-13(2)10-16(9-12)19(21(26)27)22-20(25)15-4-6-17-14(11-15)5-7-18(24)23(17)3/h4,6,8-11,19H,5,7H2,1-3H3,(H,22,25)(H,26,27). The highest BCUT2D eigenvalue weighted by atomic mass is 16.4. The van der Waals surface area contributed by atoms with Crippen molar-refractivity contribution in [3.05, 3.63) is 64.2 Å². The summed E-state index contributed by atoms with van der Waals surface area (Å²) in [5, 5.41) is 12.2. The molecule has 2 amide bonds. The number of carboxylic acid groups (broad SMARTS) is 1. The fourth-order valence-corrected chi connectivity index (χ4v) is 3.48. The van der Waals surface area contributed by atoms with Gasteiger partial charge in [0, 0.05) is 24.7 Å². The Labute approximate surface area is 157 Å². The van der Waals surface area contributed by atoms with Gasteiger partial charge in [-0.25, -0.2) is 4.79 Å². The van der Waals surface area contributed by atoms with Gasteiger partial charge in [-0.2, -0.15) is 0 Å². The molecule has 1 heterocycles. The molecule has 3 rings (SSSR count). The van der Waals surface area contributed by atoms with Gasteiger partial charge in [-0.15, -0.1) is 0 Å². The molecule has 2 aromatic carbocycles. The second-order valence-electron chi connectivity index (χ2n) is 6.96. The molecule has 2 aromatic rings. The van der Waals surface area contributed by atoms with Crippen molar-refractivity contribution in [1.29, 1.82) is 0 Å². The lowest BCUT2D eigenvalue weighted by molar-refractivity contribution is -0.139. The number of nitrogens with one attached hydrogen (secondary N) is 1. The minimum Gasteiger partial charge on any atom is -0.479 e. The fraction of sp³-hybridized carbons (Fsp3) is 0.286. The van der Waals surface area contributed by atoms with Crippen LogP contribution in [0.1, 0.15) is 45.1 Å². The molecular formula is C21H22N2O4. The molecule has 27 heavy (non-hydrogen) atoms. The number of hydrogen-bond acceptors (Lipinski definition) is 3. The lowest BCUT2D eigenvalue weighted by Gasteiger charge is -2.26. The first-order valence-corrected chi connectivity index (χ1v) is 8.77. The lowest BCUT2D eigenvalue weighted by atomic mass is 9.98. The largest absolute Gasteiger partial charge is 0.479 e. The highest BCUT2D eigenvalue weighted by Gasteiger charge is 2.25. The van der Waals surface area contributed by atoms with Gasteiger partial charge < -0.3 is 15.3 Å². The van der Waals surface area contributed by atoms with Crippen molar-refractivity contribution in [2.45, 2.75) is 32.7 Å². The molecule has 0 fully saturated rings. The first-order chi connectivity index (χ1) is 12.8. The van der Waals surface area contributed by atoms with E-state index < -0.39 is 17.9 Å². The summed E-state index contributed by atoms with van der Waals surface area (Å²) >= 11 is 0. The topological polar surface area (TPSA) is 86.7 Å². The number of nitrogens with zero attached hydrogens (tertiary/aromatic N) is 1. The van der Waals surface area contributed by atoms with E-state index in [1.165, 1.54) is 0 Å². The van der Waals surface area contributed by atoms with Gasteiger partial charge in [-0.3, -0.25) is 9.59 Å². The zero-order chi connectivity index (χ0) is 19.7. The molecule has 1 aliphatic heterocycles. The summed E-state index contributed by atoms with van der Waals surface area (Å²) in [6.07, 6.45) is 0.966. The Bertz CT molecular complexity index is 916. The van der Waals surface area contributed by atoms with E-state index in [1.54, 1.807) is 42.3 Å². The van der Waals surface area contributed by atoms with Gasteiger partial charge in [0.15, 0.2) is 6.04 Å². The summed E-state index contributed by atoms with van der Waals surface area (Å²) in [6.45, 7) is 3.77. The van der Waals surface area contributed by atoms with Crippen molar-refractivity contribution in [3.8, 4) is 0 Å². The summed E-state index contributed by atoms with van der Waals surface area (Å²) < 4.78 is 0. The number of aryl methyl sites for hydroxylation is 3. The van der Waals surface area contributed by atoms with E-state index in [-0.39, 0.29) is 5.91 Å². The number of carbonyl (C=O) groups is 3. The van der Waals surface area contributed by atoms with E-state index in [1.807, 2.05) is 19.9 Å². The molecule has 1 unspecified atom stereocenters. The Hall–Kier alpha value is -3.15. The Morgan fingerprint density at radius 1 is 1.07 bits per heavy atom. The van der Waals surface area contributed by atoms with Crippen LogP contribution in [0.4, 0.5) is 5.69 Å². The van der Waals surface area contributed by atoms with Gasteiger partial charge in [0.1, 0.15) is 0 Å². The normalized spacial score (nSPS) is 14.5. The lowest BCUT2D eigenvalue weighted by Crippen LogP contribution is -2.34. The fourth-order valence-electron chi connectivity index (χ4n) is 3.48. The zero-order valence-corrected chi connectivity index (χ0v) is 15.6. The van der Waals surface area contributed by atoms with Crippen molar-refractivity contribution in [3.63, 3.8) is 0 Å². The molecular weight excluding hydrogens is 344 g/mol. The molecule has 0 saturated carbocycles. The van der Waals surface area contributed by atoms with E-state index in [2.05, 4.69) is 5.32 Å². The minimum absolute atomic E-state index is 0.0421. The van der Waals surface area contributed by atoms with Crippen molar-refractivity contribution < 1.29 is 19.5 Å². The molecule has 6 heteroatoms. The van der Waals surface area contributed by atoms with Crippen LogP contribution in [-0.2, 0) is 16.0 Å². The Kier molecular flexibility index (Phi) is 4.99. The number of aliphatic carboxylic acids is 1. The highest BCUT2D eigenvalue weighted by Crippen LogP contribution is 2.28. The van der Waals surface area contributed by atoms with Crippen LogP contribution in [0.25, 0.3) is 0 Å². The van der Waals surface area contributed by atoms with Crippen LogP contribution in [0.3, 0.4) is 0 Å². The summed E-state index contributed by atoms with van der Waals surface area (Å²) in [5.41, 5.74) is 4.48. The maximum Gasteiger partial charge on any atom is 0.330 e. The van der Waals surface area contributed by atoms with E-state index in [0.717, 1.165) is 22.4 Å². The summed E-state index contributed by atoms with van der Waals surface area (Å²) in [4.78, 5) is 37.8. The Balaban J connectivity index is 1.87. The van der Waals surface area contributed by atoms with Gasteiger partial charge in [0.2, 0.25) is 5.91 Å². The Morgan fingerprint density at radius 3 is 2.37 bits per heavy atom. The molecule has 1 atom stereocenters.